The minimum absolute atomic E-state index is 0.440. The standard InChI is InChI=1S/C65H42N2/c1-4-17-43(18-5-1)44-31-35-46(36-32-44)55-40-57-54-27-12-15-30-60(54)65(58-28-13-10-25-52(58)53-26-11-14-29-59(53)65)61(57)41-56(55)47-37-33-45(34-38-47)50-23-16-24-51(39-50)64-66-62(48-19-6-2-7-20-48)42-63(67-64)49-21-8-3-9-22-49/h1-42H. The Kier molecular flexibility index (Phi) is 9.11. The number of aromatic nitrogens is 2. The molecule has 1 aromatic heterocycles. The highest BCUT2D eigenvalue weighted by molar-refractivity contribution is 5.99. The molecule has 13 rings (SSSR count). The van der Waals surface area contributed by atoms with E-state index in [1.807, 2.05) is 12.1 Å². The van der Waals surface area contributed by atoms with Crippen molar-refractivity contribution in [1.82, 2.24) is 9.97 Å². The molecule has 312 valence electrons. The molecule has 0 N–H and O–H groups in total. The first-order chi connectivity index (χ1) is 33.2. The summed E-state index contributed by atoms with van der Waals surface area (Å²) < 4.78 is 0. The maximum atomic E-state index is 5.14. The van der Waals surface area contributed by atoms with E-state index in [9.17, 15) is 0 Å². The van der Waals surface area contributed by atoms with Crippen LogP contribution < -0.4 is 0 Å². The first-order valence-electron chi connectivity index (χ1n) is 23.1. The predicted molar refractivity (Wildman–Crippen MR) is 276 cm³/mol. The summed E-state index contributed by atoms with van der Waals surface area (Å²) in [5, 5.41) is 0. The Bertz CT molecular complexity index is 3550. The highest BCUT2D eigenvalue weighted by Crippen LogP contribution is 2.63. The summed E-state index contributed by atoms with van der Waals surface area (Å²) >= 11 is 0. The average Bonchev–Trinajstić information content (AvgIpc) is 3.88. The maximum Gasteiger partial charge on any atom is 0.160 e. The molecule has 0 bridgehead atoms. The summed E-state index contributed by atoms with van der Waals surface area (Å²) in [6.45, 7) is 0. The van der Waals surface area contributed by atoms with Crippen LogP contribution in [0.2, 0.25) is 0 Å². The van der Waals surface area contributed by atoms with Crippen LogP contribution in [0.1, 0.15) is 22.3 Å². The van der Waals surface area contributed by atoms with E-state index in [1.54, 1.807) is 0 Å². The Morgan fingerprint density at radius 3 is 1.10 bits per heavy atom. The highest BCUT2D eigenvalue weighted by atomic mass is 14.9. The molecule has 2 aliphatic carbocycles. The predicted octanol–water partition coefficient (Wildman–Crippen LogP) is 16.5. The van der Waals surface area contributed by atoms with Crippen LogP contribution in [0.15, 0.2) is 255 Å². The maximum absolute atomic E-state index is 5.14. The van der Waals surface area contributed by atoms with Gasteiger partial charge in [-0.1, -0.05) is 231 Å². The minimum atomic E-state index is -0.440. The number of nitrogens with zero attached hydrogens (tertiary/aromatic N) is 2. The summed E-state index contributed by atoms with van der Waals surface area (Å²) in [6, 6.07) is 92.5. The van der Waals surface area contributed by atoms with E-state index >= 15 is 0 Å². The van der Waals surface area contributed by atoms with E-state index in [4.69, 9.17) is 9.97 Å². The zero-order valence-corrected chi connectivity index (χ0v) is 36.6. The fraction of sp³-hybridized carbons (Fsp3) is 0.0154. The van der Waals surface area contributed by atoms with Crippen molar-refractivity contribution in [2.75, 3.05) is 0 Å². The van der Waals surface area contributed by atoms with Crippen molar-refractivity contribution in [1.29, 1.82) is 0 Å². The van der Waals surface area contributed by atoms with Gasteiger partial charge in [0.15, 0.2) is 5.82 Å². The smallest absolute Gasteiger partial charge is 0.160 e. The highest BCUT2D eigenvalue weighted by Gasteiger charge is 2.51. The van der Waals surface area contributed by atoms with Gasteiger partial charge in [-0.3, -0.25) is 0 Å². The number of hydrogen-bond donors (Lipinski definition) is 0. The van der Waals surface area contributed by atoms with E-state index in [0.717, 1.165) is 39.2 Å². The van der Waals surface area contributed by atoms with Crippen LogP contribution in [0.4, 0.5) is 0 Å². The van der Waals surface area contributed by atoms with E-state index in [2.05, 4.69) is 243 Å². The van der Waals surface area contributed by atoms with Crippen LogP contribution in [0.5, 0.6) is 0 Å². The van der Waals surface area contributed by atoms with E-state index in [-0.39, 0.29) is 0 Å². The summed E-state index contributed by atoms with van der Waals surface area (Å²) in [4.78, 5) is 10.3. The Morgan fingerprint density at radius 1 is 0.209 bits per heavy atom. The number of fused-ring (bicyclic) bond motifs is 10. The van der Waals surface area contributed by atoms with Gasteiger partial charge in [0, 0.05) is 16.7 Å². The second-order valence-electron chi connectivity index (χ2n) is 17.6. The van der Waals surface area contributed by atoms with Gasteiger partial charge in [0.05, 0.1) is 16.8 Å². The number of rotatable bonds is 7. The second kappa shape index (κ2) is 15.8. The van der Waals surface area contributed by atoms with Gasteiger partial charge in [-0.25, -0.2) is 9.97 Å². The lowest BCUT2D eigenvalue weighted by Gasteiger charge is -2.31. The first-order valence-corrected chi connectivity index (χ1v) is 23.1. The lowest BCUT2D eigenvalue weighted by molar-refractivity contribution is 0.794. The van der Waals surface area contributed by atoms with E-state index in [1.165, 1.54) is 77.9 Å². The molecule has 0 radical (unpaired) electrons. The zero-order chi connectivity index (χ0) is 44.3. The first kappa shape index (κ1) is 38.7. The van der Waals surface area contributed by atoms with Crippen LogP contribution in [0.25, 0.3) is 101 Å². The molecule has 0 fully saturated rings. The molecule has 1 spiro atoms. The van der Waals surface area contributed by atoms with Crippen molar-refractivity contribution in [3.63, 3.8) is 0 Å². The molecule has 0 saturated heterocycles. The fourth-order valence-electron chi connectivity index (χ4n) is 10.9. The van der Waals surface area contributed by atoms with Crippen molar-refractivity contribution in [3.8, 4) is 101 Å². The number of hydrogen-bond acceptors (Lipinski definition) is 2. The van der Waals surface area contributed by atoms with Crippen LogP contribution in [-0.4, -0.2) is 9.97 Å². The second-order valence-corrected chi connectivity index (χ2v) is 17.6. The van der Waals surface area contributed by atoms with Crippen molar-refractivity contribution >= 4 is 0 Å². The molecular formula is C65H42N2. The fourth-order valence-corrected chi connectivity index (χ4v) is 10.9. The summed E-state index contributed by atoms with van der Waals surface area (Å²) in [6.07, 6.45) is 0. The van der Waals surface area contributed by atoms with Gasteiger partial charge in [-0.05, 0) is 113 Å². The molecule has 0 amide bonds. The van der Waals surface area contributed by atoms with Crippen LogP contribution >= 0.6 is 0 Å². The van der Waals surface area contributed by atoms with Crippen LogP contribution in [0, 0.1) is 0 Å². The van der Waals surface area contributed by atoms with Gasteiger partial charge in [-0.2, -0.15) is 0 Å². The summed E-state index contributed by atoms with van der Waals surface area (Å²) in [5.41, 5.74) is 24.4. The van der Waals surface area contributed by atoms with Crippen molar-refractivity contribution in [3.05, 3.63) is 277 Å². The molecule has 1 heterocycles. The molecule has 0 unspecified atom stereocenters. The molecule has 2 nitrogen and oxygen atoms in total. The average molecular weight is 851 g/mol. The zero-order valence-electron chi connectivity index (χ0n) is 36.6. The molecule has 0 aliphatic heterocycles. The lowest BCUT2D eigenvalue weighted by atomic mass is 9.70. The van der Waals surface area contributed by atoms with Crippen molar-refractivity contribution < 1.29 is 0 Å². The molecule has 2 aliphatic rings. The monoisotopic (exact) mass is 850 g/mol. The van der Waals surface area contributed by atoms with Crippen molar-refractivity contribution in [2.24, 2.45) is 0 Å². The van der Waals surface area contributed by atoms with Crippen LogP contribution in [0.3, 0.4) is 0 Å². The lowest BCUT2D eigenvalue weighted by Crippen LogP contribution is -2.25. The largest absolute Gasteiger partial charge is 0.228 e. The third-order valence-electron chi connectivity index (χ3n) is 14.0. The third kappa shape index (κ3) is 6.33. The molecule has 2 heteroatoms. The summed E-state index contributed by atoms with van der Waals surface area (Å²) in [7, 11) is 0. The molecular weight excluding hydrogens is 809 g/mol. The molecule has 0 saturated carbocycles. The van der Waals surface area contributed by atoms with Gasteiger partial charge in [0.25, 0.3) is 0 Å². The van der Waals surface area contributed by atoms with Gasteiger partial charge in [0.2, 0.25) is 0 Å². The Labute approximate surface area is 391 Å². The van der Waals surface area contributed by atoms with Gasteiger partial charge < -0.3 is 0 Å². The Balaban J connectivity index is 0.957. The van der Waals surface area contributed by atoms with E-state index in [0.29, 0.717) is 5.82 Å². The topological polar surface area (TPSA) is 25.8 Å². The Hall–Kier alpha value is -8.72. The minimum Gasteiger partial charge on any atom is -0.228 e. The Morgan fingerprint density at radius 2 is 0.582 bits per heavy atom. The van der Waals surface area contributed by atoms with Gasteiger partial charge in [0.1, 0.15) is 0 Å². The van der Waals surface area contributed by atoms with Gasteiger partial charge in [-0.15, -0.1) is 0 Å². The third-order valence-corrected chi connectivity index (χ3v) is 14.0. The van der Waals surface area contributed by atoms with Crippen LogP contribution in [-0.2, 0) is 5.41 Å². The SMILES string of the molecule is c1ccc(-c2ccc(-c3cc4c(cc3-c3ccc(-c5cccc(-c6nc(-c7ccccc7)cc(-c7ccccc7)n6)c5)cc3)C3(c5ccccc5-c5ccccc53)c3ccccc3-4)cc2)cc1. The van der Waals surface area contributed by atoms with E-state index < -0.39 is 5.41 Å². The molecule has 67 heavy (non-hydrogen) atoms. The summed E-state index contributed by atoms with van der Waals surface area (Å²) in [5.74, 6) is 0.699. The normalized spacial score (nSPS) is 12.6. The molecule has 0 atom stereocenters. The van der Waals surface area contributed by atoms with Gasteiger partial charge >= 0.3 is 0 Å². The number of benzene rings is 10. The molecule has 11 aromatic rings. The molecule has 10 aromatic carbocycles. The van der Waals surface area contributed by atoms with Crippen molar-refractivity contribution in [2.45, 2.75) is 5.41 Å². The quantitative estimate of drug-likeness (QED) is 0.160.